The highest BCUT2D eigenvalue weighted by Gasteiger charge is 2.15. The minimum atomic E-state index is -0.522. The number of benzene rings is 1. The number of carbonyl (C=O) groups is 1. The Bertz CT molecular complexity index is 730. The molecule has 3 rings (SSSR count). The summed E-state index contributed by atoms with van der Waals surface area (Å²) in [6.07, 6.45) is 3.11. The van der Waals surface area contributed by atoms with Crippen molar-refractivity contribution in [2.75, 3.05) is 26.4 Å². The fraction of sp³-hybridized carbons (Fsp3) is 0.529. The first-order valence-electron chi connectivity index (χ1n) is 8.28. The topological polar surface area (TPSA) is 82.7 Å². The molecule has 2 heterocycles. The van der Waals surface area contributed by atoms with Gasteiger partial charge in [-0.2, -0.15) is 0 Å². The zero-order valence-electron chi connectivity index (χ0n) is 13.5. The van der Waals surface area contributed by atoms with Crippen molar-refractivity contribution in [1.29, 1.82) is 0 Å². The van der Waals surface area contributed by atoms with Crippen LogP contribution in [0.1, 0.15) is 19.3 Å². The summed E-state index contributed by atoms with van der Waals surface area (Å²) in [5.41, 5.74) is 1.11. The Morgan fingerprint density at radius 1 is 1.38 bits per heavy atom. The Hall–Kier alpha value is -2.12. The molecular weight excluding hydrogens is 312 g/mol. The number of hydrogen-bond acceptors (Lipinski definition) is 5. The van der Waals surface area contributed by atoms with Gasteiger partial charge in [0.05, 0.1) is 18.2 Å². The van der Waals surface area contributed by atoms with Crippen LogP contribution in [0.5, 0.6) is 0 Å². The van der Waals surface area contributed by atoms with Crippen molar-refractivity contribution in [2.24, 2.45) is 0 Å². The van der Waals surface area contributed by atoms with Gasteiger partial charge in [0.1, 0.15) is 6.54 Å². The number of oxazole rings is 1. The van der Waals surface area contributed by atoms with Crippen LogP contribution in [-0.4, -0.2) is 42.9 Å². The SMILES string of the molecule is O=C(Cn1c(=O)oc2ccccc21)NCCCOCC1CCCO1. The maximum absolute atomic E-state index is 12.0. The summed E-state index contributed by atoms with van der Waals surface area (Å²) in [5, 5.41) is 2.79. The maximum Gasteiger partial charge on any atom is 0.420 e. The van der Waals surface area contributed by atoms with Gasteiger partial charge in [0, 0.05) is 19.8 Å². The summed E-state index contributed by atoms with van der Waals surface area (Å²) in [6, 6.07) is 7.05. The average Bonchev–Trinajstić information content (AvgIpc) is 3.19. The summed E-state index contributed by atoms with van der Waals surface area (Å²) in [6.45, 7) is 2.48. The van der Waals surface area contributed by atoms with Crippen LogP contribution < -0.4 is 11.1 Å². The molecule has 130 valence electrons. The number of hydrogen-bond donors (Lipinski definition) is 1. The minimum Gasteiger partial charge on any atom is -0.408 e. The normalized spacial score (nSPS) is 17.4. The molecule has 1 amide bonds. The molecule has 1 fully saturated rings. The van der Waals surface area contributed by atoms with E-state index in [1.54, 1.807) is 24.3 Å². The van der Waals surface area contributed by atoms with Gasteiger partial charge in [-0.3, -0.25) is 9.36 Å². The molecule has 1 unspecified atom stereocenters. The first-order valence-corrected chi connectivity index (χ1v) is 8.28. The van der Waals surface area contributed by atoms with Crippen molar-refractivity contribution in [3.8, 4) is 0 Å². The fourth-order valence-corrected chi connectivity index (χ4v) is 2.76. The van der Waals surface area contributed by atoms with Crippen LogP contribution in [-0.2, 0) is 20.8 Å². The molecule has 1 aromatic heterocycles. The van der Waals surface area contributed by atoms with Crippen LogP contribution in [0.4, 0.5) is 0 Å². The third-order valence-corrected chi connectivity index (χ3v) is 3.99. The van der Waals surface area contributed by atoms with E-state index < -0.39 is 5.76 Å². The number of ether oxygens (including phenoxy) is 2. The van der Waals surface area contributed by atoms with E-state index in [1.807, 2.05) is 0 Å². The number of para-hydroxylation sites is 2. The number of rotatable bonds is 8. The molecule has 0 spiro atoms. The molecule has 7 heteroatoms. The molecule has 1 saturated heterocycles. The molecule has 0 aliphatic carbocycles. The average molecular weight is 334 g/mol. The van der Waals surface area contributed by atoms with Crippen LogP contribution in [0.25, 0.3) is 11.1 Å². The predicted octanol–water partition coefficient (Wildman–Crippen LogP) is 1.30. The van der Waals surface area contributed by atoms with Crippen molar-refractivity contribution in [3.63, 3.8) is 0 Å². The van der Waals surface area contributed by atoms with E-state index in [1.165, 1.54) is 4.57 Å². The van der Waals surface area contributed by atoms with E-state index in [-0.39, 0.29) is 18.6 Å². The van der Waals surface area contributed by atoms with Gasteiger partial charge in [-0.05, 0) is 31.4 Å². The molecule has 1 aliphatic rings. The monoisotopic (exact) mass is 334 g/mol. The lowest BCUT2D eigenvalue weighted by Crippen LogP contribution is -2.31. The van der Waals surface area contributed by atoms with Gasteiger partial charge in [0.15, 0.2) is 5.58 Å². The molecule has 0 saturated carbocycles. The number of nitrogens with zero attached hydrogens (tertiary/aromatic N) is 1. The van der Waals surface area contributed by atoms with Crippen molar-refractivity contribution in [2.45, 2.75) is 31.9 Å². The number of aromatic nitrogens is 1. The smallest absolute Gasteiger partial charge is 0.408 e. The lowest BCUT2D eigenvalue weighted by molar-refractivity contribution is -0.121. The molecule has 0 bridgehead atoms. The van der Waals surface area contributed by atoms with Crippen molar-refractivity contribution < 1.29 is 18.7 Å². The highest BCUT2D eigenvalue weighted by atomic mass is 16.5. The van der Waals surface area contributed by atoms with Gasteiger partial charge in [-0.1, -0.05) is 12.1 Å². The molecule has 1 aliphatic heterocycles. The van der Waals surface area contributed by atoms with Crippen molar-refractivity contribution in [3.05, 3.63) is 34.8 Å². The molecule has 1 atom stereocenters. The Morgan fingerprint density at radius 2 is 2.25 bits per heavy atom. The first-order chi connectivity index (χ1) is 11.7. The Balaban J connectivity index is 1.37. The van der Waals surface area contributed by atoms with E-state index in [0.717, 1.165) is 25.9 Å². The van der Waals surface area contributed by atoms with E-state index >= 15 is 0 Å². The van der Waals surface area contributed by atoms with E-state index in [4.69, 9.17) is 13.9 Å². The highest BCUT2D eigenvalue weighted by molar-refractivity contribution is 5.79. The summed E-state index contributed by atoms with van der Waals surface area (Å²) in [4.78, 5) is 23.8. The predicted molar refractivity (Wildman–Crippen MR) is 87.9 cm³/mol. The van der Waals surface area contributed by atoms with Crippen LogP contribution in [0.2, 0.25) is 0 Å². The van der Waals surface area contributed by atoms with Gasteiger partial charge < -0.3 is 19.2 Å². The summed E-state index contributed by atoms with van der Waals surface area (Å²) < 4.78 is 17.4. The zero-order chi connectivity index (χ0) is 16.8. The number of nitrogens with one attached hydrogen (secondary N) is 1. The van der Waals surface area contributed by atoms with Gasteiger partial charge in [-0.15, -0.1) is 0 Å². The van der Waals surface area contributed by atoms with Crippen LogP contribution in [0.3, 0.4) is 0 Å². The maximum atomic E-state index is 12.0. The third kappa shape index (κ3) is 4.24. The largest absolute Gasteiger partial charge is 0.420 e. The highest BCUT2D eigenvalue weighted by Crippen LogP contribution is 2.12. The van der Waals surface area contributed by atoms with E-state index in [0.29, 0.717) is 30.9 Å². The summed E-state index contributed by atoms with van der Waals surface area (Å²) in [7, 11) is 0. The van der Waals surface area contributed by atoms with Crippen LogP contribution >= 0.6 is 0 Å². The number of fused-ring (bicyclic) bond motifs is 1. The summed E-state index contributed by atoms with van der Waals surface area (Å²) >= 11 is 0. The van der Waals surface area contributed by atoms with Gasteiger partial charge in [0.25, 0.3) is 0 Å². The molecule has 0 radical (unpaired) electrons. The molecule has 24 heavy (non-hydrogen) atoms. The lowest BCUT2D eigenvalue weighted by Gasteiger charge is -2.10. The van der Waals surface area contributed by atoms with Crippen molar-refractivity contribution >= 4 is 17.0 Å². The first kappa shape index (κ1) is 16.7. The van der Waals surface area contributed by atoms with Crippen LogP contribution in [0.15, 0.2) is 33.5 Å². The van der Waals surface area contributed by atoms with Gasteiger partial charge >= 0.3 is 5.76 Å². The van der Waals surface area contributed by atoms with Gasteiger partial charge in [0.2, 0.25) is 5.91 Å². The van der Waals surface area contributed by atoms with Gasteiger partial charge in [-0.25, -0.2) is 4.79 Å². The number of carbonyl (C=O) groups excluding carboxylic acids is 1. The second kappa shape index (κ2) is 8.12. The molecular formula is C17H22N2O5. The summed E-state index contributed by atoms with van der Waals surface area (Å²) in [5.74, 6) is -0.742. The lowest BCUT2D eigenvalue weighted by atomic mass is 10.2. The molecule has 1 aromatic carbocycles. The van der Waals surface area contributed by atoms with E-state index in [9.17, 15) is 9.59 Å². The Morgan fingerprint density at radius 3 is 3.08 bits per heavy atom. The molecule has 7 nitrogen and oxygen atoms in total. The number of amides is 1. The van der Waals surface area contributed by atoms with Crippen molar-refractivity contribution in [1.82, 2.24) is 9.88 Å². The van der Waals surface area contributed by atoms with E-state index in [2.05, 4.69) is 5.32 Å². The zero-order valence-corrected chi connectivity index (χ0v) is 13.5. The Kier molecular flexibility index (Phi) is 5.66. The van der Waals surface area contributed by atoms with Crippen LogP contribution in [0, 0.1) is 0 Å². The molecule has 1 N–H and O–H groups in total. The minimum absolute atomic E-state index is 0.0490. The quantitative estimate of drug-likeness (QED) is 0.736. The third-order valence-electron chi connectivity index (χ3n) is 3.99. The second-order valence-electron chi connectivity index (χ2n) is 5.84. The Labute approximate surface area is 139 Å². The second-order valence-corrected chi connectivity index (χ2v) is 5.84. The standard InChI is InChI=1S/C17H22N2O5/c20-16(18-8-4-9-22-12-13-5-3-10-23-13)11-19-14-6-1-2-7-15(14)24-17(19)21/h1-2,6-7,13H,3-5,8-12H2,(H,18,20). The fourth-order valence-electron chi connectivity index (χ4n) is 2.76. The molecule has 2 aromatic rings.